The zero-order valence-electron chi connectivity index (χ0n) is 18.1. The predicted octanol–water partition coefficient (Wildman–Crippen LogP) is 4.72. The summed E-state index contributed by atoms with van der Waals surface area (Å²) < 4.78 is 6.36. The van der Waals surface area contributed by atoms with Crippen LogP contribution in [0.1, 0.15) is 37.8 Å². The molecule has 2 heterocycles. The molecular formula is C24H28N4O. The first-order chi connectivity index (χ1) is 13.7. The van der Waals surface area contributed by atoms with Crippen LogP contribution < -0.4 is 4.90 Å². The van der Waals surface area contributed by atoms with Gasteiger partial charge < -0.3 is 14.2 Å². The number of hydrogen-bond donors (Lipinski definition) is 0. The topological polar surface area (TPSA) is 56.3 Å². The van der Waals surface area contributed by atoms with E-state index in [-0.39, 0.29) is 5.41 Å². The number of likely N-dealkylation sites (N-methyl/N-ethyl adjacent to an activating group) is 1. The molecule has 0 bridgehead atoms. The molecule has 0 radical (unpaired) electrons. The van der Waals surface area contributed by atoms with Crippen LogP contribution in [0.3, 0.4) is 0 Å². The summed E-state index contributed by atoms with van der Waals surface area (Å²) in [5, 5.41) is 9.96. The maximum absolute atomic E-state index is 9.96. The molecule has 0 atom stereocenters. The monoisotopic (exact) mass is 388 g/mol. The Bertz CT molecular complexity index is 1090. The van der Waals surface area contributed by atoms with Crippen molar-refractivity contribution >= 4 is 16.8 Å². The number of anilines is 1. The summed E-state index contributed by atoms with van der Waals surface area (Å²) in [5.41, 5.74) is 5.97. The molecule has 0 amide bonds. The van der Waals surface area contributed by atoms with Gasteiger partial charge in [-0.05, 0) is 32.1 Å². The number of oxazole rings is 1. The highest BCUT2D eigenvalue weighted by Crippen LogP contribution is 2.45. The van der Waals surface area contributed by atoms with E-state index >= 15 is 0 Å². The quantitative estimate of drug-likeness (QED) is 0.650. The van der Waals surface area contributed by atoms with E-state index < -0.39 is 0 Å². The van der Waals surface area contributed by atoms with Gasteiger partial charge in [0.2, 0.25) is 5.89 Å². The summed E-state index contributed by atoms with van der Waals surface area (Å²) >= 11 is 0. The van der Waals surface area contributed by atoms with E-state index in [0.717, 1.165) is 41.1 Å². The van der Waals surface area contributed by atoms with Crippen LogP contribution in [0.5, 0.6) is 0 Å². The van der Waals surface area contributed by atoms with Crippen LogP contribution >= 0.6 is 0 Å². The molecule has 1 aliphatic heterocycles. The van der Waals surface area contributed by atoms with Gasteiger partial charge >= 0.3 is 0 Å². The van der Waals surface area contributed by atoms with Crippen molar-refractivity contribution in [3.8, 4) is 17.2 Å². The summed E-state index contributed by atoms with van der Waals surface area (Å²) in [6.07, 6.45) is 0. The smallest absolute Gasteiger partial charge is 0.201 e. The van der Waals surface area contributed by atoms with Crippen LogP contribution in [0.15, 0.2) is 34.7 Å². The minimum absolute atomic E-state index is 0.231. The van der Waals surface area contributed by atoms with Crippen molar-refractivity contribution in [2.75, 3.05) is 32.1 Å². The van der Waals surface area contributed by atoms with E-state index in [1.54, 1.807) is 0 Å². The van der Waals surface area contributed by atoms with Crippen LogP contribution in [0.2, 0.25) is 0 Å². The molecule has 1 fully saturated rings. The van der Waals surface area contributed by atoms with Crippen molar-refractivity contribution in [2.24, 2.45) is 0 Å². The van der Waals surface area contributed by atoms with Gasteiger partial charge in [-0.1, -0.05) is 51.1 Å². The van der Waals surface area contributed by atoms with E-state index in [1.165, 1.54) is 0 Å². The molecule has 4 rings (SSSR count). The highest BCUT2D eigenvalue weighted by atomic mass is 16.4. The molecule has 1 saturated heterocycles. The first-order valence-electron chi connectivity index (χ1n) is 10.1. The zero-order valence-corrected chi connectivity index (χ0v) is 18.1. The molecule has 5 heteroatoms. The van der Waals surface area contributed by atoms with Gasteiger partial charge in [-0.3, -0.25) is 0 Å². The Morgan fingerprint density at radius 1 is 1.17 bits per heavy atom. The number of rotatable bonds is 3. The maximum atomic E-state index is 9.96. The Hall–Kier alpha value is -2.84. The van der Waals surface area contributed by atoms with Crippen LogP contribution in [0, 0.1) is 18.3 Å². The van der Waals surface area contributed by atoms with Gasteiger partial charge in [0.05, 0.1) is 11.3 Å². The van der Waals surface area contributed by atoms with E-state index in [1.807, 2.05) is 25.1 Å². The van der Waals surface area contributed by atoms with E-state index in [0.29, 0.717) is 23.0 Å². The molecule has 0 unspecified atom stereocenters. The van der Waals surface area contributed by atoms with Gasteiger partial charge in [-0.15, -0.1) is 0 Å². The fraction of sp³-hybridized carbons (Fsp3) is 0.417. The number of fused-ring (bicyclic) bond motifs is 1. The molecule has 1 aromatic heterocycles. The molecule has 5 nitrogen and oxygen atoms in total. The highest BCUT2D eigenvalue weighted by molar-refractivity contribution is 6.02. The third-order valence-corrected chi connectivity index (χ3v) is 5.79. The third kappa shape index (κ3) is 3.18. The summed E-state index contributed by atoms with van der Waals surface area (Å²) in [7, 11) is 4.23. The van der Waals surface area contributed by atoms with Crippen molar-refractivity contribution in [1.29, 1.82) is 5.26 Å². The molecule has 2 aromatic carbocycles. The van der Waals surface area contributed by atoms with Crippen molar-refractivity contribution in [1.82, 2.24) is 9.88 Å². The molecule has 0 aliphatic carbocycles. The summed E-state index contributed by atoms with van der Waals surface area (Å²) in [6, 6.07) is 13.2. The summed E-state index contributed by atoms with van der Waals surface area (Å²) in [5.74, 6) is 0.666. The van der Waals surface area contributed by atoms with Crippen LogP contribution in [-0.4, -0.2) is 43.1 Å². The van der Waals surface area contributed by atoms with Crippen molar-refractivity contribution < 1.29 is 4.42 Å². The Morgan fingerprint density at radius 3 is 2.38 bits per heavy atom. The largest absolute Gasteiger partial charge is 0.438 e. The fourth-order valence-electron chi connectivity index (χ4n) is 3.93. The molecule has 0 saturated carbocycles. The van der Waals surface area contributed by atoms with Gasteiger partial charge in [0.1, 0.15) is 11.6 Å². The SMILES string of the molecule is Cc1c(-c2ccccc2)c(N2CC(N(C)C)C2)c2oc(C(C)(C)C)nc2c1C#N. The van der Waals surface area contributed by atoms with Crippen LogP contribution in [-0.2, 0) is 5.41 Å². The Labute approximate surface area is 172 Å². The second kappa shape index (κ2) is 6.89. The lowest BCUT2D eigenvalue weighted by atomic mass is 9.91. The maximum Gasteiger partial charge on any atom is 0.201 e. The molecule has 1 aliphatic rings. The van der Waals surface area contributed by atoms with Crippen molar-refractivity contribution in [3.63, 3.8) is 0 Å². The number of benzene rings is 2. The summed E-state index contributed by atoms with van der Waals surface area (Å²) in [6.45, 7) is 10.1. The average Bonchev–Trinajstić information content (AvgIpc) is 3.06. The van der Waals surface area contributed by atoms with Gasteiger partial charge in [0.15, 0.2) is 5.58 Å². The zero-order chi connectivity index (χ0) is 20.9. The lowest BCUT2D eigenvalue weighted by Gasteiger charge is -2.45. The van der Waals surface area contributed by atoms with Crippen LogP contribution in [0.4, 0.5) is 5.69 Å². The van der Waals surface area contributed by atoms with Gasteiger partial charge in [0.25, 0.3) is 0 Å². The highest BCUT2D eigenvalue weighted by Gasteiger charge is 2.35. The molecule has 0 spiro atoms. The van der Waals surface area contributed by atoms with Gasteiger partial charge in [0, 0.05) is 30.1 Å². The second-order valence-electron chi connectivity index (χ2n) is 9.17. The first kappa shape index (κ1) is 19.5. The Balaban J connectivity index is 2.03. The molecular weight excluding hydrogens is 360 g/mol. The molecule has 150 valence electrons. The van der Waals surface area contributed by atoms with Crippen molar-refractivity contribution in [3.05, 3.63) is 47.3 Å². The predicted molar refractivity (Wildman–Crippen MR) is 117 cm³/mol. The summed E-state index contributed by atoms with van der Waals surface area (Å²) in [4.78, 5) is 9.40. The lowest BCUT2D eigenvalue weighted by Crippen LogP contribution is -2.57. The Kier molecular flexibility index (Phi) is 4.63. The van der Waals surface area contributed by atoms with E-state index in [4.69, 9.17) is 9.40 Å². The molecule has 0 N–H and O–H groups in total. The van der Waals surface area contributed by atoms with E-state index in [9.17, 15) is 5.26 Å². The second-order valence-corrected chi connectivity index (χ2v) is 9.17. The number of hydrogen-bond acceptors (Lipinski definition) is 5. The van der Waals surface area contributed by atoms with Gasteiger partial charge in [-0.25, -0.2) is 4.98 Å². The average molecular weight is 389 g/mol. The third-order valence-electron chi connectivity index (χ3n) is 5.79. The number of nitriles is 1. The molecule has 3 aromatic rings. The normalized spacial score (nSPS) is 15.0. The molecule has 29 heavy (non-hydrogen) atoms. The van der Waals surface area contributed by atoms with Crippen LogP contribution in [0.25, 0.3) is 22.2 Å². The first-order valence-corrected chi connectivity index (χ1v) is 10.1. The van der Waals surface area contributed by atoms with E-state index in [2.05, 4.69) is 62.9 Å². The minimum Gasteiger partial charge on any atom is -0.438 e. The van der Waals surface area contributed by atoms with Gasteiger partial charge in [-0.2, -0.15) is 5.26 Å². The number of aromatic nitrogens is 1. The fourth-order valence-corrected chi connectivity index (χ4v) is 3.93. The standard InChI is InChI=1S/C24H28N4O/c1-15-18(12-25)20-22(29-23(26-20)24(2,3)4)21(28-13-17(14-28)27(5)6)19(15)16-10-8-7-9-11-16/h7-11,17H,13-14H2,1-6H3. The minimum atomic E-state index is -0.231. The number of nitrogens with zero attached hydrogens (tertiary/aromatic N) is 4. The Morgan fingerprint density at radius 2 is 1.83 bits per heavy atom. The van der Waals surface area contributed by atoms with Crippen molar-refractivity contribution in [2.45, 2.75) is 39.2 Å². The lowest BCUT2D eigenvalue weighted by molar-refractivity contribution is 0.247.